The molecule has 0 aliphatic heterocycles. The molecule has 0 atom stereocenters. The summed E-state index contributed by atoms with van der Waals surface area (Å²) in [7, 11) is 2.40. The second-order valence-electron chi connectivity index (χ2n) is 4.53. The Morgan fingerprint density at radius 3 is 2.09 bits per heavy atom. The Balaban J connectivity index is 2.15. The average Bonchev–Trinajstić information content (AvgIpc) is 3.10. The monoisotopic (exact) mass is 333 g/mol. The minimum Gasteiger partial charge on any atom is -0.468 e. The molecule has 0 unspecified atom stereocenters. The second-order valence-corrected chi connectivity index (χ2v) is 5.48. The van der Waals surface area contributed by atoms with E-state index in [1.54, 1.807) is 36.4 Å². The van der Waals surface area contributed by atoms with Crippen molar-refractivity contribution in [3.05, 3.63) is 52.2 Å². The van der Waals surface area contributed by atoms with Gasteiger partial charge in [0.15, 0.2) is 5.92 Å². The molecule has 1 aromatic carbocycles. The number of hydrogen-bond acceptors (Lipinski definition) is 6. The number of benzene rings is 1. The van der Waals surface area contributed by atoms with Gasteiger partial charge in [-0.2, -0.15) is 0 Å². The van der Waals surface area contributed by atoms with Gasteiger partial charge in [-0.25, -0.2) is 0 Å². The van der Waals surface area contributed by atoms with Crippen LogP contribution in [0.25, 0.3) is 0 Å². The number of rotatable bonds is 5. The van der Waals surface area contributed by atoms with Crippen molar-refractivity contribution in [3.8, 4) is 0 Å². The first-order chi connectivity index (χ1) is 11.1. The van der Waals surface area contributed by atoms with Crippen molar-refractivity contribution in [2.45, 2.75) is 5.92 Å². The van der Waals surface area contributed by atoms with Gasteiger partial charge in [-0.15, -0.1) is 11.3 Å². The smallest absolute Gasteiger partial charge is 0.324 e. The van der Waals surface area contributed by atoms with E-state index in [0.29, 0.717) is 16.1 Å². The van der Waals surface area contributed by atoms with Crippen LogP contribution in [-0.2, 0) is 19.1 Å². The molecule has 2 rings (SSSR count). The van der Waals surface area contributed by atoms with E-state index in [9.17, 15) is 14.4 Å². The van der Waals surface area contributed by atoms with E-state index in [1.165, 1.54) is 25.6 Å². The molecule has 0 aliphatic carbocycles. The summed E-state index contributed by atoms with van der Waals surface area (Å²) in [5.41, 5.74) is 0.985. The summed E-state index contributed by atoms with van der Waals surface area (Å²) in [6.07, 6.45) is 0. The lowest BCUT2D eigenvalue weighted by Crippen LogP contribution is -2.24. The first-order valence-electron chi connectivity index (χ1n) is 6.67. The molecule has 6 nitrogen and oxygen atoms in total. The zero-order valence-corrected chi connectivity index (χ0v) is 13.4. The van der Waals surface area contributed by atoms with Crippen molar-refractivity contribution in [2.75, 3.05) is 19.5 Å². The van der Waals surface area contributed by atoms with E-state index >= 15 is 0 Å². The summed E-state index contributed by atoms with van der Waals surface area (Å²) in [5, 5.41) is 4.55. The molecular weight excluding hydrogens is 318 g/mol. The van der Waals surface area contributed by atoms with Gasteiger partial charge in [0.1, 0.15) is 0 Å². The minimum atomic E-state index is -1.15. The summed E-state index contributed by atoms with van der Waals surface area (Å²) < 4.78 is 9.25. The molecule has 0 radical (unpaired) electrons. The average molecular weight is 333 g/mol. The third-order valence-corrected chi connectivity index (χ3v) is 3.99. The molecular formula is C16H15NO5S. The van der Waals surface area contributed by atoms with Crippen LogP contribution in [0, 0.1) is 0 Å². The van der Waals surface area contributed by atoms with Gasteiger partial charge < -0.3 is 14.8 Å². The molecule has 1 aromatic heterocycles. The predicted molar refractivity (Wildman–Crippen MR) is 85.5 cm³/mol. The molecule has 0 saturated heterocycles. The van der Waals surface area contributed by atoms with Gasteiger partial charge in [0.05, 0.1) is 19.1 Å². The summed E-state index contributed by atoms with van der Waals surface area (Å²) in [6.45, 7) is 0. The molecule has 23 heavy (non-hydrogen) atoms. The van der Waals surface area contributed by atoms with Gasteiger partial charge in [0.2, 0.25) is 0 Å². The number of thiophene rings is 1. The first-order valence-corrected chi connectivity index (χ1v) is 7.55. The van der Waals surface area contributed by atoms with Gasteiger partial charge in [0, 0.05) is 5.69 Å². The van der Waals surface area contributed by atoms with Gasteiger partial charge in [-0.05, 0) is 29.1 Å². The number of anilines is 1. The summed E-state index contributed by atoms with van der Waals surface area (Å²) in [6, 6.07) is 9.88. The summed E-state index contributed by atoms with van der Waals surface area (Å²) in [4.78, 5) is 36.0. The highest BCUT2D eigenvalue weighted by Crippen LogP contribution is 2.22. The maximum absolute atomic E-state index is 12.0. The predicted octanol–water partition coefficient (Wildman–Crippen LogP) is 2.43. The van der Waals surface area contributed by atoms with Crippen LogP contribution in [-0.4, -0.2) is 32.1 Å². The van der Waals surface area contributed by atoms with Crippen LogP contribution in [0.5, 0.6) is 0 Å². The molecule has 0 aliphatic rings. The number of nitrogens with one attached hydrogen (secondary N) is 1. The minimum absolute atomic E-state index is 0.217. The highest BCUT2D eigenvalue weighted by Gasteiger charge is 2.30. The highest BCUT2D eigenvalue weighted by molar-refractivity contribution is 7.12. The van der Waals surface area contributed by atoms with E-state index in [-0.39, 0.29) is 5.91 Å². The van der Waals surface area contributed by atoms with Crippen LogP contribution in [0.3, 0.4) is 0 Å². The molecule has 0 spiro atoms. The number of esters is 2. The Bertz CT molecular complexity index is 678. The van der Waals surface area contributed by atoms with Gasteiger partial charge in [-0.3, -0.25) is 14.4 Å². The van der Waals surface area contributed by atoms with Crippen molar-refractivity contribution >= 4 is 34.9 Å². The quantitative estimate of drug-likeness (QED) is 0.671. The summed E-state index contributed by atoms with van der Waals surface area (Å²) in [5.74, 6) is -2.77. The topological polar surface area (TPSA) is 81.7 Å². The molecule has 0 saturated carbocycles. The lowest BCUT2D eigenvalue weighted by molar-refractivity contribution is -0.154. The van der Waals surface area contributed by atoms with Crippen molar-refractivity contribution in [2.24, 2.45) is 0 Å². The number of methoxy groups -OCH3 is 2. The van der Waals surface area contributed by atoms with E-state index in [1.807, 2.05) is 5.38 Å². The fourth-order valence-corrected chi connectivity index (χ4v) is 2.58. The zero-order valence-electron chi connectivity index (χ0n) is 12.6. The molecule has 0 fully saturated rings. The first kappa shape index (κ1) is 16.7. The lowest BCUT2D eigenvalue weighted by atomic mass is 9.99. The van der Waals surface area contributed by atoms with Crippen molar-refractivity contribution in [1.82, 2.24) is 0 Å². The molecule has 1 amide bonds. The molecule has 7 heteroatoms. The number of carbonyl (C=O) groups is 3. The van der Waals surface area contributed by atoms with Crippen LogP contribution in [0.2, 0.25) is 0 Å². The van der Waals surface area contributed by atoms with Crippen molar-refractivity contribution in [1.29, 1.82) is 0 Å². The molecule has 0 bridgehead atoms. The SMILES string of the molecule is COC(=O)C(C(=O)OC)c1ccc(NC(=O)c2cccs2)cc1. The fourth-order valence-electron chi connectivity index (χ4n) is 1.96. The van der Waals surface area contributed by atoms with Crippen LogP contribution >= 0.6 is 11.3 Å². The fraction of sp³-hybridized carbons (Fsp3) is 0.188. The molecule has 1 heterocycles. The molecule has 120 valence electrons. The van der Waals surface area contributed by atoms with Crippen LogP contribution in [0.15, 0.2) is 41.8 Å². The second kappa shape index (κ2) is 7.55. The van der Waals surface area contributed by atoms with E-state index in [0.717, 1.165) is 0 Å². The zero-order chi connectivity index (χ0) is 16.8. The largest absolute Gasteiger partial charge is 0.468 e. The third-order valence-electron chi connectivity index (χ3n) is 3.12. The number of amides is 1. The van der Waals surface area contributed by atoms with Crippen LogP contribution in [0.4, 0.5) is 5.69 Å². The number of ether oxygens (including phenoxy) is 2. The van der Waals surface area contributed by atoms with E-state index in [2.05, 4.69) is 14.8 Å². The normalized spacial score (nSPS) is 10.2. The Morgan fingerprint density at radius 1 is 1.00 bits per heavy atom. The van der Waals surface area contributed by atoms with Crippen LogP contribution < -0.4 is 5.32 Å². The summed E-state index contributed by atoms with van der Waals surface area (Å²) >= 11 is 1.34. The Hall–Kier alpha value is -2.67. The van der Waals surface area contributed by atoms with E-state index in [4.69, 9.17) is 0 Å². The lowest BCUT2D eigenvalue weighted by Gasteiger charge is -2.13. The van der Waals surface area contributed by atoms with Crippen molar-refractivity contribution < 1.29 is 23.9 Å². The van der Waals surface area contributed by atoms with Gasteiger partial charge in [-0.1, -0.05) is 18.2 Å². The maximum Gasteiger partial charge on any atom is 0.324 e. The maximum atomic E-state index is 12.0. The standard InChI is InChI=1S/C16H15NO5S/c1-21-15(19)13(16(20)22-2)10-5-7-11(8-6-10)17-14(18)12-4-3-9-23-12/h3-9,13H,1-2H3,(H,17,18). The number of carbonyl (C=O) groups excluding carboxylic acids is 3. The number of hydrogen-bond donors (Lipinski definition) is 1. The molecule has 1 N–H and O–H groups in total. The Labute approximate surface area is 137 Å². The Morgan fingerprint density at radius 2 is 1.61 bits per heavy atom. The molecule has 2 aromatic rings. The van der Waals surface area contributed by atoms with Gasteiger partial charge >= 0.3 is 11.9 Å². The third kappa shape index (κ3) is 3.95. The highest BCUT2D eigenvalue weighted by atomic mass is 32.1. The van der Waals surface area contributed by atoms with E-state index < -0.39 is 17.9 Å². The van der Waals surface area contributed by atoms with Crippen molar-refractivity contribution in [3.63, 3.8) is 0 Å². The van der Waals surface area contributed by atoms with Crippen LogP contribution in [0.1, 0.15) is 21.2 Å². The Kier molecular flexibility index (Phi) is 5.48. The van der Waals surface area contributed by atoms with Gasteiger partial charge in [0.25, 0.3) is 5.91 Å².